The largest absolute Gasteiger partial charge is 0.418 e. The van der Waals surface area contributed by atoms with E-state index in [9.17, 15) is 36.7 Å². The molecule has 4 amide bonds. The molecule has 0 radical (unpaired) electrons. The lowest BCUT2D eigenvalue weighted by Crippen LogP contribution is -2.66. The average Bonchev–Trinajstić information content (AvgIpc) is 3.53. The molecule has 0 spiro atoms. The first-order valence-corrected chi connectivity index (χ1v) is 19.4. The predicted molar refractivity (Wildman–Crippen MR) is 200 cm³/mol. The van der Waals surface area contributed by atoms with Crippen LogP contribution in [0.1, 0.15) is 88.6 Å². The molecule has 5 rings (SSSR count). The van der Waals surface area contributed by atoms with Crippen molar-refractivity contribution in [2.45, 2.75) is 109 Å². The fourth-order valence-electron chi connectivity index (χ4n) is 7.61. The van der Waals surface area contributed by atoms with E-state index in [1.807, 2.05) is 20.8 Å². The van der Waals surface area contributed by atoms with Crippen LogP contribution in [0.3, 0.4) is 0 Å². The van der Waals surface area contributed by atoms with Crippen LogP contribution in [0.2, 0.25) is 0 Å². The third-order valence-corrected chi connectivity index (χ3v) is 11.5. The number of para-hydroxylation sites is 1. The molecule has 1 aliphatic heterocycles. The number of aryl methyl sites for hydroxylation is 1. The van der Waals surface area contributed by atoms with Gasteiger partial charge in [0.2, 0.25) is 23.6 Å². The number of amides is 4. The van der Waals surface area contributed by atoms with Crippen LogP contribution in [-0.2, 0) is 49.4 Å². The number of H-pyrrole nitrogens is 1. The molecule has 2 aliphatic rings. The summed E-state index contributed by atoms with van der Waals surface area (Å²) in [5, 5.41) is 12.1. The molecule has 1 saturated heterocycles. The van der Waals surface area contributed by atoms with Gasteiger partial charge in [-0.05, 0) is 66.7 Å². The van der Waals surface area contributed by atoms with Gasteiger partial charge in [0, 0.05) is 49.7 Å². The van der Waals surface area contributed by atoms with Crippen molar-refractivity contribution in [3.63, 3.8) is 0 Å². The second-order valence-electron chi connectivity index (χ2n) is 15.3. The lowest BCUT2D eigenvalue weighted by molar-refractivity contribution is -0.137. The number of hydrogen-bond acceptors (Lipinski definition) is 5. The number of fused-ring (bicyclic) bond motifs is 3. The Morgan fingerprint density at radius 2 is 1.65 bits per heavy atom. The Bertz CT molecular complexity index is 1840. The Morgan fingerprint density at radius 3 is 2.33 bits per heavy atom. The third kappa shape index (κ3) is 10.1. The maximum absolute atomic E-state index is 14.7. The Hall–Kier alpha value is -4.46. The molecular formula is C41H53F4N5O5. The summed E-state index contributed by atoms with van der Waals surface area (Å²) in [6.45, 7) is 8.90. The molecule has 55 heavy (non-hydrogen) atoms. The van der Waals surface area contributed by atoms with Gasteiger partial charge in [-0.2, -0.15) is 13.2 Å². The Balaban J connectivity index is 1.44. The first-order chi connectivity index (χ1) is 26.2. The SMILES string of the molecule is CCC(C)[C@H](NC(=O)Cc1ccccc1F)C(=O)N[C@]1(C(=O)NC(CNC(=O)CC2CCOCC2)[C@@H](C)CC)CCc2[nH]c3c(C(F)(F)F)cccc3c2C1. The van der Waals surface area contributed by atoms with Crippen LogP contribution in [0.4, 0.5) is 17.6 Å². The normalized spacial score (nSPS) is 19.8. The Kier molecular flexibility index (Phi) is 13.6. The van der Waals surface area contributed by atoms with Gasteiger partial charge >= 0.3 is 6.18 Å². The van der Waals surface area contributed by atoms with E-state index in [2.05, 4.69) is 26.3 Å². The summed E-state index contributed by atoms with van der Waals surface area (Å²) in [7, 11) is 0. The van der Waals surface area contributed by atoms with Crippen molar-refractivity contribution < 1.29 is 41.5 Å². The maximum Gasteiger partial charge on any atom is 0.418 e. The zero-order valence-electron chi connectivity index (χ0n) is 32.0. The molecular weight excluding hydrogens is 718 g/mol. The molecule has 0 saturated carbocycles. The molecule has 300 valence electrons. The number of alkyl halides is 3. The molecule has 5 atom stereocenters. The fraction of sp³-hybridized carbons (Fsp3) is 0.561. The van der Waals surface area contributed by atoms with E-state index in [1.54, 1.807) is 19.1 Å². The van der Waals surface area contributed by atoms with Gasteiger partial charge in [0.15, 0.2) is 0 Å². The van der Waals surface area contributed by atoms with E-state index in [-0.39, 0.29) is 61.1 Å². The van der Waals surface area contributed by atoms with Crippen molar-refractivity contribution in [1.82, 2.24) is 26.3 Å². The van der Waals surface area contributed by atoms with E-state index in [4.69, 9.17) is 4.74 Å². The number of ether oxygens (including phenoxy) is 1. The first-order valence-electron chi connectivity index (χ1n) is 19.4. The van der Waals surface area contributed by atoms with Gasteiger partial charge in [0.25, 0.3) is 0 Å². The summed E-state index contributed by atoms with van der Waals surface area (Å²) >= 11 is 0. The predicted octanol–water partition coefficient (Wildman–Crippen LogP) is 5.91. The summed E-state index contributed by atoms with van der Waals surface area (Å²) in [4.78, 5) is 58.2. The van der Waals surface area contributed by atoms with Gasteiger partial charge in [-0.1, -0.05) is 70.9 Å². The number of carbonyl (C=O) groups is 4. The minimum atomic E-state index is -4.63. The van der Waals surface area contributed by atoms with Crippen LogP contribution in [-0.4, -0.2) is 66.0 Å². The molecule has 5 N–H and O–H groups in total. The highest BCUT2D eigenvalue weighted by Crippen LogP contribution is 2.40. The third-order valence-electron chi connectivity index (χ3n) is 11.5. The van der Waals surface area contributed by atoms with Crippen LogP contribution in [0.5, 0.6) is 0 Å². The van der Waals surface area contributed by atoms with Crippen molar-refractivity contribution in [3.05, 3.63) is 70.7 Å². The smallest absolute Gasteiger partial charge is 0.381 e. The van der Waals surface area contributed by atoms with Crippen molar-refractivity contribution in [2.24, 2.45) is 17.8 Å². The minimum Gasteiger partial charge on any atom is -0.381 e. The van der Waals surface area contributed by atoms with Crippen molar-refractivity contribution in [1.29, 1.82) is 0 Å². The zero-order valence-corrected chi connectivity index (χ0v) is 32.0. The summed E-state index contributed by atoms with van der Waals surface area (Å²) in [6, 6.07) is 8.10. The lowest BCUT2D eigenvalue weighted by atomic mass is 9.78. The number of aromatic nitrogens is 1. The molecule has 1 aromatic heterocycles. The van der Waals surface area contributed by atoms with E-state index >= 15 is 0 Å². The first kappa shape index (κ1) is 41.7. The number of rotatable bonds is 15. The maximum atomic E-state index is 14.7. The summed E-state index contributed by atoms with van der Waals surface area (Å²) in [6.07, 6.45) is -1.79. The van der Waals surface area contributed by atoms with Crippen LogP contribution < -0.4 is 21.3 Å². The standard InChI is InChI=1S/C41H53F4N5O5/c1-5-24(3)33(23-46-34(51)20-26-15-18-55-19-16-26)48-39(54)40(17-14-32-29(22-40)28-11-9-12-30(37(28)47-32)41(43,44)45)50-38(53)36(25(4)6-2)49-35(52)21-27-10-7-8-13-31(27)42/h7-13,24-26,33,36,47H,5-6,14-23H2,1-4H3,(H,46,51)(H,48,54)(H,49,52)(H,50,53)/t24-,25?,33?,36-,40+/m0/s1. The highest BCUT2D eigenvalue weighted by atomic mass is 19.4. The van der Waals surface area contributed by atoms with Crippen LogP contribution in [0.25, 0.3) is 10.9 Å². The van der Waals surface area contributed by atoms with Gasteiger partial charge in [-0.15, -0.1) is 0 Å². The zero-order chi connectivity index (χ0) is 39.9. The molecule has 2 aromatic carbocycles. The van der Waals surface area contributed by atoms with E-state index in [1.165, 1.54) is 24.3 Å². The quantitative estimate of drug-likeness (QED) is 0.122. The second kappa shape index (κ2) is 18.0. The number of benzene rings is 2. The summed E-state index contributed by atoms with van der Waals surface area (Å²) in [5.74, 6) is -2.75. The lowest BCUT2D eigenvalue weighted by Gasteiger charge is -2.40. The summed E-state index contributed by atoms with van der Waals surface area (Å²) < 4.78 is 62.1. The van der Waals surface area contributed by atoms with Gasteiger partial charge < -0.3 is 31.0 Å². The number of nitrogens with one attached hydrogen (secondary N) is 5. The molecule has 14 heteroatoms. The van der Waals surface area contributed by atoms with Gasteiger partial charge in [0.05, 0.1) is 17.5 Å². The van der Waals surface area contributed by atoms with Crippen molar-refractivity contribution in [3.8, 4) is 0 Å². The Labute approximate surface area is 319 Å². The number of aromatic amines is 1. The van der Waals surface area contributed by atoms with Gasteiger partial charge in [-0.3, -0.25) is 19.2 Å². The monoisotopic (exact) mass is 771 g/mol. The highest BCUT2D eigenvalue weighted by molar-refractivity contribution is 5.97. The van der Waals surface area contributed by atoms with Gasteiger partial charge in [-0.25, -0.2) is 4.39 Å². The van der Waals surface area contributed by atoms with Crippen LogP contribution >= 0.6 is 0 Å². The van der Waals surface area contributed by atoms with Crippen molar-refractivity contribution >= 4 is 34.5 Å². The molecule has 1 fully saturated rings. The van der Waals surface area contributed by atoms with Crippen LogP contribution in [0, 0.1) is 23.6 Å². The minimum absolute atomic E-state index is 0.0471. The number of carbonyl (C=O) groups excluding carboxylic acids is 4. The van der Waals surface area contributed by atoms with E-state index < -0.39 is 58.8 Å². The average molecular weight is 772 g/mol. The molecule has 0 bridgehead atoms. The van der Waals surface area contributed by atoms with E-state index in [0.29, 0.717) is 49.1 Å². The molecule has 10 nitrogen and oxygen atoms in total. The molecule has 2 unspecified atom stereocenters. The molecule has 1 aliphatic carbocycles. The van der Waals surface area contributed by atoms with Gasteiger partial charge in [0.1, 0.15) is 17.4 Å². The summed E-state index contributed by atoms with van der Waals surface area (Å²) in [5.41, 5.74) is -1.37. The topological polar surface area (TPSA) is 141 Å². The van der Waals surface area contributed by atoms with Crippen LogP contribution in [0.15, 0.2) is 42.5 Å². The van der Waals surface area contributed by atoms with E-state index in [0.717, 1.165) is 18.9 Å². The molecule has 2 heterocycles. The second-order valence-corrected chi connectivity index (χ2v) is 15.3. The Morgan fingerprint density at radius 1 is 0.945 bits per heavy atom. The fourth-order valence-corrected chi connectivity index (χ4v) is 7.61. The molecule has 3 aromatic rings. The van der Waals surface area contributed by atoms with Crippen molar-refractivity contribution in [2.75, 3.05) is 19.8 Å². The highest BCUT2D eigenvalue weighted by Gasteiger charge is 2.47. The number of halogens is 4. The number of hydrogen-bond donors (Lipinski definition) is 5.